The van der Waals surface area contributed by atoms with E-state index in [-0.39, 0.29) is 11.8 Å². The fourth-order valence-corrected chi connectivity index (χ4v) is 3.23. The molecular formula is C20H22N2O4. The zero-order valence-electron chi connectivity index (χ0n) is 15.1. The van der Waals surface area contributed by atoms with Crippen LogP contribution in [0.1, 0.15) is 24.1 Å². The van der Waals surface area contributed by atoms with Crippen LogP contribution in [0.2, 0.25) is 0 Å². The highest BCUT2D eigenvalue weighted by molar-refractivity contribution is 6.06. The summed E-state index contributed by atoms with van der Waals surface area (Å²) in [5.74, 6) is 0.897. The molecular weight excluding hydrogens is 332 g/mol. The van der Waals surface area contributed by atoms with E-state index in [1.807, 2.05) is 49.4 Å². The van der Waals surface area contributed by atoms with Gasteiger partial charge in [0.1, 0.15) is 12.6 Å². The van der Waals surface area contributed by atoms with E-state index in [1.165, 1.54) is 6.92 Å². The topological polar surface area (TPSA) is 67.9 Å². The van der Waals surface area contributed by atoms with Gasteiger partial charge in [0.05, 0.1) is 19.3 Å². The molecule has 0 spiro atoms. The molecule has 2 aromatic rings. The van der Waals surface area contributed by atoms with Crippen molar-refractivity contribution in [2.45, 2.75) is 19.9 Å². The van der Waals surface area contributed by atoms with Gasteiger partial charge in [0.25, 0.3) is 5.91 Å². The van der Waals surface area contributed by atoms with Gasteiger partial charge in [-0.3, -0.25) is 9.59 Å². The Hall–Kier alpha value is -3.02. The van der Waals surface area contributed by atoms with E-state index in [0.29, 0.717) is 24.7 Å². The molecule has 0 aromatic heterocycles. The van der Waals surface area contributed by atoms with Crippen LogP contribution < -0.4 is 19.7 Å². The van der Waals surface area contributed by atoms with Crippen LogP contribution in [-0.2, 0) is 9.59 Å². The van der Waals surface area contributed by atoms with Gasteiger partial charge in [0.2, 0.25) is 5.91 Å². The summed E-state index contributed by atoms with van der Waals surface area (Å²) in [6, 6.07) is 12.5. The number of para-hydroxylation sites is 3. The summed E-state index contributed by atoms with van der Waals surface area (Å²) in [7, 11) is 1.59. The SMILES string of the molecule is COc1ccccc1OCCN1C(=O)C(NC(C)=O)c2cccc(C)c21. The third-order valence-corrected chi connectivity index (χ3v) is 4.35. The first-order chi connectivity index (χ1) is 12.5. The monoisotopic (exact) mass is 354 g/mol. The lowest BCUT2D eigenvalue weighted by Gasteiger charge is -2.20. The zero-order chi connectivity index (χ0) is 18.7. The molecule has 0 aliphatic carbocycles. The lowest BCUT2D eigenvalue weighted by atomic mass is 10.1. The third kappa shape index (κ3) is 3.35. The summed E-state index contributed by atoms with van der Waals surface area (Å²) in [5.41, 5.74) is 2.66. The number of carbonyl (C=O) groups is 2. The molecule has 2 amide bonds. The van der Waals surface area contributed by atoms with Gasteiger partial charge in [-0.05, 0) is 24.6 Å². The average molecular weight is 354 g/mol. The standard InChI is InChI=1S/C20H22N2O4/c1-13-7-6-8-15-18(21-14(2)23)20(24)22(19(13)15)11-12-26-17-10-5-4-9-16(17)25-3/h4-10,18H,11-12H2,1-3H3,(H,21,23). The molecule has 136 valence electrons. The molecule has 1 aliphatic heterocycles. The van der Waals surface area contributed by atoms with E-state index in [9.17, 15) is 9.59 Å². The number of nitrogens with zero attached hydrogens (tertiary/aromatic N) is 1. The number of methoxy groups -OCH3 is 1. The molecule has 6 nitrogen and oxygen atoms in total. The Morgan fingerprint density at radius 2 is 1.88 bits per heavy atom. The van der Waals surface area contributed by atoms with Crippen molar-refractivity contribution in [1.82, 2.24) is 5.32 Å². The number of fused-ring (bicyclic) bond motifs is 1. The predicted octanol–water partition coefficient (Wildman–Crippen LogP) is 2.61. The Bertz CT molecular complexity index is 834. The second kappa shape index (κ2) is 7.47. The maximum atomic E-state index is 12.8. The van der Waals surface area contributed by atoms with Crippen molar-refractivity contribution in [3.63, 3.8) is 0 Å². The van der Waals surface area contributed by atoms with E-state index in [0.717, 1.165) is 16.8 Å². The van der Waals surface area contributed by atoms with Crippen LogP contribution in [0, 0.1) is 6.92 Å². The smallest absolute Gasteiger partial charge is 0.254 e. The first-order valence-electron chi connectivity index (χ1n) is 8.46. The number of amides is 2. The molecule has 0 bridgehead atoms. The van der Waals surface area contributed by atoms with Gasteiger partial charge in [-0.25, -0.2) is 0 Å². The van der Waals surface area contributed by atoms with E-state index < -0.39 is 6.04 Å². The Morgan fingerprint density at radius 1 is 1.15 bits per heavy atom. The molecule has 1 atom stereocenters. The Kier molecular flexibility index (Phi) is 5.11. The van der Waals surface area contributed by atoms with E-state index in [4.69, 9.17) is 9.47 Å². The van der Waals surface area contributed by atoms with Crippen molar-refractivity contribution in [2.24, 2.45) is 0 Å². The Morgan fingerprint density at radius 3 is 2.58 bits per heavy atom. The summed E-state index contributed by atoms with van der Waals surface area (Å²) in [5, 5.41) is 2.74. The van der Waals surface area contributed by atoms with Gasteiger partial charge in [-0.15, -0.1) is 0 Å². The van der Waals surface area contributed by atoms with Gasteiger partial charge in [0, 0.05) is 12.5 Å². The number of hydrogen-bond donors (Lipinski definition) is 1. The van der Waals surface area contributed by atoms with Crippen molar-refractivity contribution in [1.29, 1.82) is 0 Å². The minimum Gasteiger partial charge on any atom is -0.493 e. The van der Waals surface area contributed by atoms with Crippen molar-refractivity contribution in [3.8, 4) is 11.5 Å². The van der Waals surface area contributed by atoms with Crippen LogP contribution in [0.3, 0.4) is 0 Å². The number of hydrogen-bond acceptors (Lipinski definition) is 4. The number of nitrogens with one attached hydrogen (secondary N) is 1. The van der Waals surface area contributed by atoms with E-state index in [1.54, 1.807) is 12.0 Å². The van der Waals surface area contributed by atoms with Gasteiger partial charge >= 0.3 is 0 Å². The highest BCUT2D eigenvalue weighted by atomic mass is 16.5. The minimum atomic E-state index is -0.645. The summed E-state index contributed by atoms with van der Waals surface area (Å²) >= 11 is 0. The van der Waals surface area contributed by atoms with Crippen LogP contribution in [-0.4, -0.2) is 32.1 Å². The molecule has 0 radical (unpaired) electrons. The fourth-order valence-electron chi connectivity index (χ4n) is 3.23. The van der Waals surface area contributed by atoms with Crippen LogP contribution in [0.5, 0.6) is 11.5 Å². The number of ether oxygens (including phenoxy) is 2. The second-order valence-corrected chi connectivity index (χ2v) is 6.14. The van der Waals surface area contributed by atoms with Crippen LogP contribution >= 0.6 is 0 Å². The molecule has 0 saturated heterocycles. The normalized spacial score (nSPS) is 15.6. The molecule has 3 rings (SSSR count). The molecule has 6 heteroatoms. The highest BCUT2D eigenvalue weighted by Crippen LogP contribution is 2.38. The van der Waals surface area contributed by atoms with Crippen molar-refractivity contribution >= 4 is 17.5 Å². The lowest BCUT2D eigenvalue weighted by molar-refractivity contribution is -0.126. The second-order valence-electron chi connectivity index (χ2n) is 6.14. The van der Waals surface area contributed by atoms with Crippen molar-refractivity contribution in [2.75, 3.05) is 25.2 Å². The van der Waals surface area contributed by atoms with Crippen LogP contribution in [0.4, 0.5) is 5.69 Å². The largest absolute Gasteiger partial charge is 0.493 e. The minimum absolute atomic E-state index is 0.145. The maximum Gasteiger partial charge on any atom is 0.254 e. The lowest BCUT2D eigenvalue weighted by Crippen LogP contribution is -2.38. The molecule has 0 fully saturated rings. The highest BCUT2D eigenvalue weighted by Gasteiger charge is 2.38. The number of benzene rings is 2. The molecule has 26 heavy (non-hydrogen) atoms. The zero-order valence-corrected chi connectivity index (χ0v) is 15.1. The summed E-state index contributed by atoms with van der Waals surface area (Å²) in [6.07, 6.45) is 0. The molecule has 1 unspecified atom stereocenters. The number of rotatable bonds is 6. The number of carbonyl (C=O) groups excluding carboxylic acids is 2. The van der Waals surface area contributed by atoms with Gasteiger partial charge in [0.15, 0.2) is 11.5 Å². The van der Waals surface area contributed by atoms with Crippen molar-refractivity contribution < 1.29 is 19.1 Å². The summed E-state index contributed by atoms with van der Waals surface area (Å²) < 4.78 is 11.1. The Balaban J connectivity index is 1.78. The first-order valence-corrected chi connectivity index (χ1v) is 8.46. The quantitative estimate of drug-likeness (QED) is 0.866. The number of aryl methyl sites for hydroxylation is 1. The fraction of sp³-hybridized carbons (Fsp3) is 0.300. The first kappa shape index (κ1) is 17.8. The average Bonchev–Trinajstić information content (AvgIpc) is 2.88. The maximum absolute atomic E-state index is 12.8. The van der Waals surface area contributed by atoms with Crippen LogP contribution in [0.15, 0.2) is 42.5 Å². The molecule has 1 aliphatic rings. The molecule has 2 aromatic carbocycles. The van der Waals surface area contributed by atoms with E-state index >= 15 is 0 Å². The molecule has 1 N–H and O–H groups in total. The summed E-state index contributed by atoms with van der Waals surface area (Å²) in [6.45, 7) is 4.06. The van der Waals surface area contributed by atoms with Gasteiger partial charge < -0.3 is 19.7 Å². The van der Waals surface area contributed by atoms with E-state index in [2.05, 4.69) is 5.32 Å². The Labute approximate surface area is 152 Å². The molecule has 1 heterocycles. The van der Waals surface area contributed by atoms with Gasteiger partial charge in [-0.2, -0.15) is 0 Å². The van der Waals surface area contributed by atoms with Crippen LogP contribution in [0.25, 0.3) is 0 Å². The van der Waals surface area contributed by atoms with Gasteiger partial charge in [-0.1, -0.05) is 30.3 Å². The summed E-state index contributed by atoms with van der Waals surface area (Å²) in [4.78, 5) is 26.0. The number of anilines is 1. The van der Waals surface area contributed by atoms with Crippen molar-refractivity contribution in [3.05, 3.63) is 53.6 Å². The predicted molar refractivity (Wildman–Crippen MR) is 98.6 cm³/mol. The third-order valence-electron chi connectivity index (χ3n) is 4.35. The molecule has 0 saturated carbocycles.